The molecular weight excluding hydrogens is 378 g/mol. The van der Waals surface area contributed by atoms with E-state index in [0.29, 0.717) is 36.7 Å². The molecule has 1 aliphatic rings. The predicted molar refractivity (Wildman–Crippen MR) is 106 cm³/mol. The van der Waals surface area contributed by atoms with Crippen molar-refractivity contribution < 1.29 is 17.9 Å². The third-order valence-electron chi connectivity index (χ3n) is 5.37. The minimum Gasteiger partial charge on any atom is -0.474 e. The van der Waals surface area contributed by atoms with Crippen molar-refractivity contribution >= 4 is 10.0 Å². The molecule has 0 atom stereocenters. The summed E-state index contributed by atoms with van der Waals surface area (Å²) in [5.41, 5.74) is 3.65. The topological polar surface area (TPSA) is 81.6 Å². The van der Waals surface area contributed by atoms with E-state index >= 15 is 0 Å². The Morgan fingerprint density at radius 1 is 1.07 bits per heavy atom. The first-order chi connectivity index (χ1) is 13.2. The molecule has 0 amide bonds. The van der Waals surface area contributed by atoms with E-state index in [0.717, 1.165) is 22.3 Å². The SMILES string of the molecule is COc1nccc(OC2CCN(S(=O)(=O)c3c(C)c(C)cc(C)c3C)CC2)n1. The van der Waals surface area contributed by atoms with Crippen molar-refractivity contribution in [2.24, 2.45) is 0 Å². The summed E-state index contributed by atoms with van der Waals surface area (Å²) in [4.78, 5) is 8.56. The Bertz CT molecular complexity index is 941. The Morgan fingerprint density at radius 3 is 2.25 bits per heavy atom. The van der Waals surface area contributed by atoms with Crippen LogP contribution in [0.15, 0.2) is 23.2 Å². The molecule has 1 aromatic carbocycles. The van der Waals surface area contributed by atoms with Gasteiger partial charge in [-0.2, -0.15) is 9.29 Å². The maximum Gasteiger partial charge on any atom is 0.319 e. The van der Waals surface area contributed by atoms with Crippen LogP contribution in [0.3, 0.4) is 0 Å². The molecule has 1 saturated heterocycles. The lowest BCUT2D eigenvalue weighted by Gasteiger charge is -2.32. The van der Waals surface area contributed by atoms with Crippen LogP contribution in [0.5, 0.6) is 11.9 Å². The summed E-state index contributed by atoms with van der Waals surface area (Å²) in [7, 11) is -2.04. The van der Waals surface area contributed by atoms with Crippen molar-refractivity contribution in [1.82, 2.24) is 14.3 Å². The third-order valence-corrected chi connectivity index (χ3v) is 7.55. The van der Waals surface area contributed by atoms with Crippen LogP contribution in [0.4, 0.5) is 0 Å². The lowest BCUT2D eigenvalue weighted by molar-refractivity contribution is 0.128. The Labute approximate surface area is 166 Å². The fraction of sp³-hybridized carbons (Fsp3) is 0.500. The van der Waals surface area contributed by atoms with Gasteiger partial charge in [0.15, 0.2) is 0 Å². The van der Waals surface area contributed by atoms with Gasteiger partial charge in [-0.3, -0.25) is 0 Å². The van der Waals surface area contributed by atoms with Crippen LogP contribution in [0.2, 0.25) is 0 Å². The molecule has 2 aromatic rings. The normalized spacial score (nSPS) is 16.2. The van der Waals surface area contributed by atoms with E-state index in [1.54, 1.807) is 16.6 Å². The summed E-state index contributed by atoms with van der Waals surface area (Å²) in [6, 6.07) is 3.96. The summed E-state index contributed by atoms with van der Waals surface area (Å²) in [6.07, 6.45) is 2.70. The van der Waals surface area contributed by atoms with Gasteiger partial charge in [-0.05, 0) is 62.8 Å². The Balaban J connectivity index is 1.74. The van der Waals surface area contributed by atoms with Gasteiger partial charge in [0.1, 0.15) is 6.10 Å². The van der Waals surface area contributed by atoms with Crippen molar-refractivity contribution in [3.63, 3.8) is 0 Å². The summed E-state index contributed by atoms with van der Waals surface area (Å²) >= 11 is 0. The summed E-state index contributed by atoms with van der Waals surface area (Å²) in [6.45, 7) is 8.51. The number of nitrogens with zero attached hydrogens (tertiary/aromatic N) is 3. The molecule has 1 aliphatic heterocycles. The Morgan fingerprint density at radius 2 is 1.68 bits per heavy atom. The zero-order valence-electron chi connectivity index (χ0n) is 17.0. The quantitative estimate of drug-likeness (QED) is 0.761. The highest BCUT2D eigenvalue weighted by Gasteiger charge is 2.33. The molecule has 0 saturated carbocycles. The second-order valence-electron chi connectivity index (χ2n) is 7.19. The maximum atomic E-state index is 13.3. The third kappa shape index (κ3) is 3.98. The van der Waals surface area contributed by atoms with Crippen LogP contribution < -0.4 is 9.47 Å². The first kappa shape index (κ1) is 20.5. The molecule has 2 heterocycles. The number of rotatable bonds is 5. The van der Waals surface area contributed by atoms with E-state index in [1.807, 2.05) is 33.8 Å². The molecule has 0 unspecified atom stereocenters. The molecule has 0 bridgehead atoms. The minimum atomic E-state index is -3.54. The zero-order chi connectivity index (χ0) is 20.5. The molecule has 28 heavy (non-hydrogen) atoms. The highest BCUT2D eigenvalue weighted by atomic mass is 32.2. The minimum absolute atomic E-state index is 0.0903. The van der Waals surface area contributed by atoms with E-state index in [4.69, 9.17) is 9.47 Å². The summed E-state index contributed by atoms with van der Waals surface area (Å²) < 4.78 is 39.1. The Hall–Kier alpha value is -2.19. The van der Waals surface area contributed by atoms with Gasteiger partial charge in [0, 0.05) is 25.4 Å². The summed E-state index contributed by atoms with van der Waals surface area (Å²) in [5, 5.41) is 0. The standard InChI is InChI=1S/C20H27N3O4S/c1-13-12-14(2)16(4)19(15(13)3)28(24,25)23-10-7-17(8-11-23)27-18-6-9-21-20(22-18)26-5/h6,9,12,17H,7-8,10-11H2,1-5H3. The first-order valence-corrected chi connectivity index (χ1v) is 10.8. The molecule has 0 spiro atoms. The van der Waals surface area contributed by atoms with E-state index in [1.165, 1.54) is 7.11 Å². The van der Waals surface area contributed by atoms with Crippen LogP contribution in [-0.2, 0) is 10.0 Å². The predicted octanol–water partition coefficient (Wildman–Crippen LogP) is 2.95. The maximum absolute atomic E-state index is 13.3. The molecule has 0 radical (unpaired) electrons. The second-order valence-corrected chi connectivity index (χ2v) is 9.07. The number of methoxy groups -OCH3 is 1. The number of piperidine rings is 1. The van der Waals surface area contributed by atoms with Crippen molar-refractivity contribution in [3.8, 4) is 11.9 Å². The molecule has 1 aromatic heterocycles. The number of aryl methyl sites for hydroxylation is 2. The number of aromatic nitrogens is 2. The van der Waals surface area contributed by atoms with Crippen molar-refractivity contribution in [2.75, 3.05) is 20.2 Å². The van der Waals surface area contributed by atoms with Crippen LogP contribution in [-0.4, -0.2) is 49.0 Å². The van der Waals surface area contributed by atoms with Crippen LogP contribution in [0, 0.1) is 27.7 Å². The highest BCUT2D eigenvalue weighted by Crippen LogP contribution is 2.30. The van der Waals surface area contributed by atoms with Gasteiger partial charge in [0.25, 0.3) is 0 Å². The van der Waals surface area contributed by atoms with E-state index in [-0.39, 0.29) is 12.1 Å². The van der Waals surface area contributed by atoms with Gasteiger partial charge in [-0.25, -0.2) is 13.4 Å². The van der Waals surface area contributed by atoms with Crippen LogP contribution >= 0.6 is 0 Å². The Kier molecular flexibility index (Phi) is 5.90. The average molecular weight is 406 g/mol. The fourth-order valence-electron chi connectivity index (χ4n) is 3.55. The van der Waals surface area contributed by atoms with E-state index < -0.39 is 10.0 Å². The fourth-order valence-corrected chi connectivity index (χ4v) is 5.59. The van der Waals surface area contributed by atoms with Gasteiger partial charge in [0.2, 0.25) is 15.9 Å². The first-order valence-electron chi connectivity index (χ1n) is 9.35. The smallest absolute Gasteiger partial charge is 0.319 e. The van der Waals surface area contributed by atoms with Gasteiger partial charge >= 0.3 is 6.01 Å². The number of sulfonamides is 1. The molecule has 3 rings (SSSR count). The summed E-state index contributed by atoms with van der Waals surface area (Å²) in [5.74, 6) is 0.439. The van der Waals surface area contributed by atoms with Gasteiger partial charge in [0.05, 0.1) is 12.0 Å². The number of hydrogen-bond donors (Lipinski definition) is 0. The van der Waals surface area contributed by atoms with Gasteiger partial charge < -0.3 is 9.47 Å². The molecule has 0 N–H and O–H groups in total. The van der Waals surface area contributed by atoms with Crippen LogP contribution in [0.1, 0.15) is 35.1 Å². The zero-order valence-corrected chi connectivity index (χ0v) is 17.8. The highest BCUT2D eigenvalue weighted by molar-refractivity contribution is 7.89. The molecule has 1 fully saturated rings. The van der Waals surface area contributed by atoms with Gasteiger partial charge in [-0.15, -0.1) is 0 Å². The van der Waals surface area contributed by atoms with Gasteiger partial charge in [-0.1, -0.05) is 6.07 Å². The average Bonchev–Trinajstić information content (AvgIpc) is 2.67. The molecule has 8 heteroatoms. The lowest BCUT2D eigenvalue weighted by atomic mass is 10.0. The number of benzene rings is 1. The molecule has 152 valence electrons. The largest absolute Gasteiger partial charge is 0.474 e. The second kappa shape index (κ2) is 8.05. The van der Waals surface area contributed by atoms with Crippen LogP contribution in [0.25, 0.3) is 0 Å². The van der Waals surface area contributed by atoms with E-state index in [9.17, 15) is 8.42 Å². The number of ether oxygens (including phenoxy) is 2. The van der Waals surface area contributed by atoms with Crippen molar-refractivity contribution in [3.05, 3.63) is 40.6 Å². The monoisotopic (exact) mass is 405 g/mol. The van der Waals surface area contributed by atoms with Crippen molar-refractivity contribution in [1.29, 1.82) is 0 Å². The molecule has 0 aliphatic carbocycles. The van der Waals surface area contributed by atoms with Crippen molar-refractivity contribution in [2.45, 2.75) is 51.5 Å². The molecule has 7 nitrogen and oxygen atoms in total. The number of hydrogen-bond acceptors (Lipinski definition) is 6. The van der Waals surface area contributed by atoms with E-state index in [2.05, 4.69) is 9.97 Å². The molecular formula is C20H27N3O4S. The lowest BCUT2D eigenvalue weighted by Crippen LogP contribution is -2.42.